The highest BCUT2D eigenvalue weighted by molar-refractivity contribution is 9.10. The molecule has 1 atom stereocenters. The first-order valence-corrected chi connectivity index (χ1v) is 17.0. The number of benzene rings is 3. The van der Waals surface area contributed by atoms with E-state index in [-0.39, 0.29) is 23.4 Å². The zero-order valence-corrected chi connectivity index (χ0v) is 27.5. The van der Waals surface area contributed by atoms with Crippen LogP contribution in [0.25, 0.3) is 0 Å². The van der Waals surface area contributed by atoms with Crippen LogP contribution in [-0.2, 0) is 26.2 Å². The van der Waals surface area contributed by atoms with Gasteiger partial charge in [0.15, 0.2) is 0 Å². The highest BCUT2D eigenvalue weighted by atomic mass is 79.9. The molecule has 4 rings (SSSR count). The van der Waals surface area contributed by atoms with Crippen molar-refractivity contribution in [2.24, 2.45) is 0 Å². The van der Waals surface area contributed by atoms with Gasteiger partial charge in [-0.25, -0.2) is 8.42 Å². The fraction of sp³-hybridized carbons (Fsp3) is 0.375. The maximum absolute atomic E-state index is 14.1. The number of sulfonamides is 1. The molecular weight excluding hydrogens is 654 g/mol. The molecule has 8 nitrogen and oxygen atoms in total. The van der Waals surface area contributed by atoms with Crippen LogP contribution in [0.4, 0.5) is 5.69 Å². The van der Waals surface area contributed by atoms with Crippen molar-refractivity contribution in [3.63, 3.8) is 0 Å². The summed E-state index contributed by atoms with van der Waals surface area (Å²) >= 11 is 9.58. The molecule has 230 valence electrons. The number of rotatable bonds is 12. The van der Waals surface area contributed by atoms with E-state index in [0.29, 0.717) is 23.1 Å². The summed E-state index contributed by atoms with van der Waals surface area (Å²) in [5.41, 5.74) is 1.02. The van der Waals surface area contributed by atoms with Gasteiger partial charge in [0.25, 0.3) is 10.0 Å². The van der Waals surface area contributed by atoms with Crippen molar-refractivity contribution in [3.8, 4) is 5.75 Å². The van der Waals surface area contributed by atoms with Crippen molar-refractivity contribution in [2.45, 2.75) is 69.5 Å². The monoisotopic (exact) mass is 689 g/mol. The first-order chi connectivity index (χ1) is 20.6. The molecule has 0 bridgehead atoms. The van der Waals surface area contributed by atoms with E-state index in [9.17, 15) is 18.0 Å². The summed E-state index contributed by atoms with van der Waals surface area (Å²) in [5.74, 6) is -0.222. The lowest BCUT2D eigenvalue weighted by Gasteiger charge is -2.33. The van der Waals surface area contributed by atoms with Gasteiger partial charge in [-0.2, -0.15) is 0 Å². The fourth-order valence-corrected chi connectivity index (χ4v) is 7.01. The van der Waals surface area contributed by atoms with E-state index in [1.807, 2.05) is 13.0 Å². The Balaban J connectivity index is 1.68. The summed E-state index contributed by atoms with van der Waals surface area (Å²) < 4.78 is 35.3. The van der Waals surface area contributed by atoms with Gasteiger partial charge in [-0.15, -0.1) is 0 Å². The van der Waals surface area contributed by atoms with Crippen molar-refractivity contribution in [1.29, 1.82) is 0 Å². The molecule has 1 saturated carbocycles. The summed E-state index contributed by atoms with van der Waals surface area (Å²) in [5, 5.41) is 3.60. The molecule has 0 aromatic heterocycles. The van der Waals surface area contributed by atoms with Gasteiger partial charge in [-0.05, 0) is 92.9 Å². The molecule has 1 N–H and O–H groups in total. The molecule has 2 amide bonds. The van der Waals surface area contributed by atoms with E-state index in [2.05, 4.69) is 21.2 Å². The largest absolute Gasteiger partial charge is 0.494 e. The number of hydrogen-bond donors (Lipinski definition) is 1. The van der Waals surface area contributed by atoms with Crippen molar-refractivity contribution in [2.75, 3.05) is 17.5 Å². The molecule has 1 aliphatic rings. The average Bonchev–Trinajstić information content (AvgIpc) is 2.99. The highest BCUT2D eigenvalue weighted by Crippen LogP contribution is 2.28. The summed E-state index contributed by atoms with van der Waals surface area (Å²) in [6.45, 7) is 3.54. The molecule has 1 aliphatic carbocycles. The van der Waals surface area contributed by atoms with Gasteiger partial charge >= 0.3 is 0 Å². The molecular formula is C32H37BrClN3O5S. The van der Waals surface area contributed by atoms with Crippen LogP contribution in [0.3, 0.4) is 0 Å². The van der Waals surface area contributed by atoms with Crippen molar-refractivity contribution in [1.82, 2.24) is 10.2 Å². The molecule has 1 unspecified atom stereocenters. The summed E-state index contributed by atoms with van der Waals surface area (Å²) in [4.78, 5) is 29.0. The predicted octanol–water partition coefficient (Wildman–Crippen LogP) is 6.56. The molecule has 0 saturated heterocycles. The van der Waals surface area contributed by atoms with E-state index >= 15 is 0 Å². The molecule has 3 aromatic rings. The van der Waals surface area contributed by atoms with E-state index in [4.69, 9.17) is 16.3 Å². The van der Waals surface area contributed by atoms with Gasteiger partial charge in [0.05, 0.1) is 17.2 Å². The Hall–Kier alpha value is -3.08. The third kappa shape index (κ3) is 8.74. The molecule has 3 aromatic carbocycles. The van der Waals surface area contributed by atoms with Crippen molar-refractivity contribution < 1.29 is 22.7 Å². The van der Waals surface area contributed by atoms with Gasteiger partial charge in [-0.1, -0.05) is 58.9 Å². The maximum Gasteiger partial charge on any atom is 0.264 e. The molecule has 0 radical (unpaired) electrons. The fourth-order valence-electron chi connectivity index (χ4n) is 5.12. The Morgan fingerprint density at radius 3 is 2.33 bits per heavy atom. The van der Waals surface area contributed by atoms with Crippen LogP contribution < -0.4 is 14.4 Å². The summed E-state index contributed by atoms with van der Waals surface area (Å²) in [6, 6.07) is 19.0. The minimum absolute atomic E-state index is 0.0295. The van der Waals surface area contributed by atoms with E-state index in [1.54, 1.807) is 61.5 Å². The van der Waals surface area contributed by atoms with Crippen LogP contribution in [-0.4, -0.2) is 50.4 Å². The predicted molar refractivity (Wildman–Crippen MR) is 173 cm³/mol. The van der Waals surface area contributed by atoms with Crippen LogP contribution >= 0.6 is 27.5 Å². The Bertz CT molecular complexity index is 1500. The van der Waals surface area contributed by atoms with Crippen LogP contribution in [0.15, 0.2) is 82.2 Å². The molecule has 43 heavy (non-hydrogen) atoms. The molecule has 0 aliphatic heterocycles. The summed E-state index contributed by atoms with van der Waals surface area (Å²) in [6.07, 6.45) is 5.05. The SMILES string of the molecule is CCOc1ccc(N(CC(=O)N(Cc2cccc(Cl)c2)C(C)C(=O)NC2CCCCC2)S(=O)(=O)c2ccc(Br)cc2)cc1. The minimum Gasteiger partial charge on any atom is -0.494 e. The third-order valence-corrected chi connectivity index (χ3v) is 10.0. The zero-order chi connectivity index (χ0) is 31.0. The van der Waals surface area contributed by atoms with Gasteiger partial charge in [0.1, 0.15) is 18.3 Å². The second-order valence-electron chi connectivity index (χ2n) is 10.6. The summed E-state index contributed by atoms with van der Waals surface area (Å²) in [7, 11) is -4.17. The van der Waals surface area contributed by atoms with Gasteiger partial charge < -0.3 is 15.0 Å². The Kier molecular flexibility index (Phi) is 11.5. The lowest BCUT2D eigenvalue weighted by atomic mass is 9.95. The number of ether oxygens (including phenoxy) is 1. The van der Waals surface area contributed by atoms with Crippen LogP contribution in [0.2, 0.25) is 5.02 Å². The standard InChI is InChI=1S/C32H37BrClN3O5S/c1-3-42-29-16-14-28(15-17-29)37(43(40,41)30-18-12-25(33)13-19-30)22-31(38)36(21-24-8-7-9-26(34)20-24)23(2)32(39)35-27-10-5-4-6-11-27/h7-9,12-20,23,27H,3-6,10-11,21-22H2,1-2H3,(H,35,39). The van der Waals surface area contributed by atoms with Gasteiger partial charge in [-0.3, -0.25) is 13.9 Å². The number of carbonyl (C=O) groups is 2. The molecule has 0 spiro atoms. The number of nitrogens with zero attached hydrogens (tertiary/aromatic N) is 2. The first-order valence-electron chi connectivity index (χ1n) is 14.4. The van der Waals surface area contributed by atoms with E-state index in [1.165, 1.54) is 17.0 Å². The third-order valence-electron chi connectivity index (χ3n) is 7.48. The number of halogens is 2. The number of hydrogen-bond acceptors (Lipinski definition) is 5. The Labute approximate surface area is 267 Å². The lowest BCUT2D eigenvalue weighted by molar-refractivity contribution is -0.139. The van der Waals surface area contributed by atoms with Crippen molar-refractivity contribution in [3.05, 3.63) is 87.9 Å². The van der Waals surface area contributed by atoms with Gasteiger partial charge in [0, 0.05) is 22.1 Å². The van der Waals surface area contributed by atoms with Crippen molar-refractivity contribution >= 4 is 55.1 Å². The van der Waals surface area contributed by atoms with Crippen LogP contribution in [0.1, 0.15) is 51.5 Å². The van der Waals surface area contributed by atoms with E-state index in [0.717, 1.165) is 46.4 Å². The van der Waals surface area contributed by atoms with Crippen LogP contribution in [0, 0.1) is 0 Å². The Morgan fingerprint density at radius 2 is 1.70 bits per heavy atom. The van der Waals surface area contributed by atoms with E-state index < -0.39 is 28.5 Å². The number of anilines is 1. The smallest absolute Gasteiger partial charge is 0.264 e. The second-order valence-corrected chi connectivity index (χ2v) is 13.8. The highest BCUT2D eigenvalue weighted by Gasteiger charge is 2.33. The first kappa shape index (κ1) is 32.8. The lowest BCUT2D eigenvalue weighted by Crippen LogP contribution is -2.53. The normalized spacial score (nSPS) is 14.5. The van der Waals surface area contributed by atoms with Crippen LogP contribution in [0.5, 0.6) is 5.75 Å². The minimum atomic E-state index is -4.17. The topological polar surface area (TPSA) is 96.0 Å². The quantitative estimate of drug-likeness (QED) is 0.232. The number of nitrogens with one attached hydrogen (secondary N) is 1. The molecule has 1 fully saturated rings. The van der Waals surface area contributed by atoms with Gasteiger partial charge in [0.2, 0.25) is 11.8 Å². The zero-order valence-electron chi connectivity index (χ0n) is 24.3. The number of carbonyl (C=O) groups excluding carboxylic acids is 2. The molecule has 0 heterocycles. The molecule has 11 heteroatoms. The maximum atomic E-state index is 14.1. The average molecular weight is 691 g/mol. The second kappa shape index (κ2) is 15.1. The number of amides is 2. The Morgan fingerprint density at radius 1 is 1.02 bits per heavy atom.